The lowest BCUT2D eigenvalue weighted by Gasteiger charge is -2.35. The number of nitrogens with zero attached hydrogens (tertiary/aromatic N) is 1. The number of thiophene rings is 1. The Morgan fingerprint density at radius 3 is 2.52 bits per heavy atom. The van der Waals surface area contributed by atoms with Gasteiger partial charge >= 0.3 is 0 Å². The van der Waals surface area contributed by atoms with E-state index in [0.717, 1.165) is 28.3 Å². The molecule has 2 heterocycles. The Hall–Kier alpha value is -2.47. The third-order valence-corrected chi connectivity index (χ3v) is 8.57. The predicted molar refractivity (Wildman–Crippen MR) is 119 cm³/mol. The lowest BCUT2D eigenvalue weighted by molar-refractivity contribution is 0.347. The second-order valence-electron chi connectivity index (χ2n) is 7.46. The van der Waals surface area contributed by atoms with Gasteiger partial charge in [-0.2, -0.15) is 4.31 Å². The normalized spacial score (nSPS) is 17.3. The van der Waals surface area contributed by atoms with E-state index in [-0.39, 0.29) is 6.04 Å². The van der Waals surface area contributed by atoms with E-state index < -0.39 is 10.0 Å². The summed E-state index contributed by atoms with van der Waals surface area (Å²) in [6.45, 7) is 2.53. The van der Waals surface area contributed by atoms with Crippen LogP contribution in [-0.2, 0) is 16.4 Å². The average molecular weight is 420 g/mol. The van der Waals surface area contributed by atoms with Gasteiger partial charge in [-0.3, -0.25) is 0 Å². The molecule has 0 saturated carbocycles. The van der Waals surface area contributed by atoms with Crippen LogP contribution in [-0.4, -0.2) is 19.3 Å². The third-order valence-electron chi connectivity index (χ3n) is 5.65. The summed E-state index contributed by atoms with van der Waals surface area (Å²) in [6.07, 6.45) is 0.749. The number of hydrogen-bond donors (Lipinski definition) is 0. The third kappa shape index (κ3) is 3.10. The first-order valence-electron chi connectivity index (χ1n) is 9.68. The molecule has 0 amide bonds. The zero-order valence-electron chi connectivity index (χ0n) is 16.1. The summed E-state index contributed by atoms with van der Waals surface area (Å²) in [5.41, 5.74) is 3.28. The van der Waals surface area contributed by atoms with Crippen molar-refractivity contribution >= 4 is 32.1 Å². The van der Waals surface area contributed by atoms with Crippen LogP contribution in [0, 0.1) is 6.92 Å². The lowest BCUT2D eigenvalue weighted by atomic mass is 9.95. The number of rotatable bonds is 3. The van der Waals surface area contributed by atoms with Crippen molar-refractivity contribution in [3.63, 3.8) is 0 Å². The molecule has 1 aliphatic heterocycles. The second kappa shape index (κ2) is 7.10. The molecule has 1 aliphatic rings. The smallest absolute Gasteiger partial charge is 0.207 e. The summed E-state index contributed by atoms with van der Waals surface area (Å²) in [4.78, 5) is 1.66. The molecule has 1 atom stereocenters. The lowest BCUT2D eigenvalue weighted by Crippen LogP contribution is -2.40. The molecule has 0 unspecified atom stereocenters. The van der Waals surface area contributed by atoms with Crippen LogP contribution in [0.15, 0.2) is 83.1 Å². The molecule has 5 rings (SSSR count). The Kier molecular flexibility index (Phi) is 4.54. The molecule has 1 aromatic heterocycles. The van der Waals surface area contributed by atoms with Crippen molar-refractivity contribution < 1.29 is 8.42 Å². The number of aryl methyl sites for hydroxylation is 1. The van der Waals surface area contributed by atoms with Crippen LogP contribution in [0.5, 0.6) is 0 Å². The molecular formula is C24H21NO2S2. The van der Waals surface area contributed by atoms with Crippen molar-refractivity contribution in [1.29, 1.82) is 0 Å². The van der Waals surface area contributed by atoms with Crippen LogP contribution in [0.4, 0.5) is 0 Å². The Labute approximate surface area is 175 Å². The van der Waals surface area contributed by atoms with Crippen molar-refractivity contribution in [2.45, 2.75) is 24.3 Å². The molecule has 3 nitrogen and oxygen atoms in total. The highest BCUT2D eigenvalue weighted by atomic mass is 32.2. The minimum absolute atomic E-state index is 0.297. The highest BCUT2D eigenvalue weighted by molar-refractivity contribution is 7.89. The Bertz CT molecular complexity index is 1280. The molecule has 0 N–H and O–H groups in total. The predicted octanol–water partition coefficient (Wildman–Crippen LogP) is 5.55. The molecule has 3 aromatic carbocycles. The first-order chi connectivity index (χ1) is 14.1. The van der Waals surface area contributed by atoms with Gasteiger partial charge in [0.1, 0.15) is 0 Å². The highest BCUT2D eigenvalue weighted by Gasteiger charge is 2.38. The van der Waals surface area contributed by atoms with Crippen molar-refractivity contribution in [2.75, 3.05) is 6.54 Å². The van der Waals surface area contributed by atoms with Crippen LogP contribution in [0.1, 0.15) is 27.6 Å². The quantitative estimate of drug-likeness (QED) is 0.437. The summed E-state index contributed by atoms with van der Waals surface area (Å²) in [5, 5.41) is 3.78. The van der Waals surface area contributed by atoms with Gasteiger partial charge in [0, 0.05) is 16.8 Å². The molecule has 0 bridgehead atoms. The van der Waals surface area contributed by atoms with Gasteiger partial charge in [-0.05, 0) is 47.4 Å². The van der Waals surface area contributed by atoms with Crippen molar-refractivity contribution in [2.24, 2.45) is 0 Å². The van der Waals surface area contributed by atoms with Crippen LogP contribution in [0.25, 0.3) is 10.8 Å². The molecule has 4 aromatic rings. The van der Waals surface area contributed by atoms with Crippen LogP contribution in [0.2, 0.25) is 0 Å². The first-order valence-corrected chi connectivity index (χ1v) is 12.0. The Morgan fingerprint density at radius 1 is 0.931 bits per heavy atom. The molecule has 0 radical (unpaired) electrons. The fourth-order valence-electron chi connectivity index (χ4n) is 4.19. The number of hydrogen-bond acceptors (Lipinski definition) is 3. The maximum Gasteiger partial charge on any atom is 0.244 e. The molecule has 0 aliphatic carbocycles. The van der Waals surface area contributed by atoms with Gasteiger partial charge in [0.05, 0.1) is 10.9 Å². The fraction of sp³-hybridized carbons (Fsp3) is 0.167. The van der Waals surface area contributed by atoms with Gasteiger partial charge in [0.25, 0.3) is 0 Å². The van der Waals surface area contributed by atoms with E-state index in [2.05, 4.69) is 35.7 Å². The summed E-state index contributed by atoms with van der Waals surface area (Å²) in [5.74, 6) is 0. The van der Waals surface area contributed by atoms with Crippen LogP contribution >= 0.6 is 11.3 Å². The first kappa shape index (κ1) is 18.6. The minimum Gasteiger partial charge on any atom is -0.207 e. The van der Waals surface area contributed by atoms with Gasteiger partial charge in [0.2, 0.25) is 10.0 Å². The number of benzene rings is 3. The topological polar surface area (TPSA) is 37.4 Å². The molecule has 146 valence electrons. The molecular weight excluding hydrogens is 398 g/mol. The Morgan fingerprint density at radius 2 is 1.69 bits per heavy atom. The highest BCUT2D eigenvalue weighted by Crippen LogP contribution is 2.41. The zero-order chi connectivity index (χ0) is 20.0. The van der Waals surface area contributed by atoms with Crippen LogP contribution in [0.3, 0.4) is 0 Å². The monoisotopic (exact) mass is 419 g/mol. The summed E-state index contributed by atoms with van der Waals surface area (Å²) < 4.78 is 29.5. The van der Waals surface area contributed by atoms with Crippen LogP contribution < -0.4 is 0 Å². The van der Waals surface area contributed by atoms with Gasteiger partial charge < -0.3 is 0 Å². The minimum atomic E-state index is -3.68. The molecule has 0 saturated heterocycles. The zero-order valence-corrected chi connectivity index (χ0v) is 17.7. The van der Waals surface area contributed by atoms with Crippen molar-refractivity contribution in [3.8, 4) is 0 Å². The van der Waals surface area contributed by atoms with E-state index in [9.17, 15) is 8.42 Å². The average Bonchev–Trinajstić information content (AvgIpc) is 3.22. The van der Waals surface area contributed by atoms with E-state index in [1.807, 2.05) is 43.3 Å². The number of sulfonamides is 1. The van der Waals surface area contributed by atoms with Crippen molar-refractivity contribution in [1.82, 2.24) is 4.31 Å². The summed E-state index contributed by atoms with van der Waals surface area (Å²) in [7, 11) is -3.68. The van der Waals surface area contributed by atoms with E-state index in [4.69, 9.17) is 0 Å². The molecule has 5 heteroatoms. The van der Waals surface area contributed by atoms with E-state index in [0.29, 0.717) is 11.4 Å². The summed E-state index contributed by atoms with van der Waals surface area (Å²) in [6, 6.07) is 23.2. The second-order valence-corrected chi connectivity index (χ2v) is 10.3. The molecule has 0 fully saturated rings. The van der Waals surface area contributed by atoms with Gasteiger partial charge in [0.15, 0.2) is 0 Å². The molecule has 0 spiro atoms. The van der Waals surface area contributed by atoms with Gasteiger partial charge in [-0.25, -0.2) is 8.42 Å². The van der Waals surface area contributed by atoms with E-state index >= 15 is 0 Å². The standard InChI is InChI=1S/C24H21NO2S2/c1-17-9-11-19(12-10-17)24-21-14-16-28-22(21)13-15-25(24)29(26,27)23-8-4-6-18-5-2-3-7-20(18)23/h2-12,14,16,24H,13,15H2,1H3/t24-/m1/s1. The SMILES string of the molecule is Cc1ccc([C@@H]2c3ccsc3CCN2S(=O)(=O)c2cccc3ccccc23)cc1. The maximum atomic E-state index is 13.9. The van der Waals surface area contributed by atoms with Gasteiger partial charge in [-0.15, -0.1) is 11.3 Å². The molecule has 29 heavy (non-hydrogen) atoms. The number of fused-ring (bicyclic) bond motifs is 2. The summed E-state index contributed by atoms with van der Waals surface area (Å²) >= 11 is 1.72. The van der Waals surface area contributed by atoms with Crippen molar-refractivity contribution in [3.05, 3.63) is 99.7 Å². The Balaban J connectivity index is 1.69. The van der Waals surface area contributed by atoms with Gasteiger partial charge in [-0.1, -0.05) is 66.2 Å². The van der Waals surface area contributed by atoms with E-state index in [1.54, 1.807) is 21.7 Å². The van der Waals surface area contributed by atoms with E-state index in [1.165, 1.54) is 10.4 Å². The largest absolute Gasteiger partial charge is 0.244 e. The fourth-order valence-corrected chi connectivity index (χ4v) is 6.91. The maximum absolute atomic E-state index is 13.9.